The molecule has 0 N–H and O–H groups in total. The molecule has 0 saturated carbocycles. The van der Waals surface area contributed by atoms with Gasteiger partial charge >= 0.3 is 0 Å². The average Bonchev–Trinajstić information content (AvgIpc) is 1.85. The predicted octanol–water partition coefficient (Wildman–Crippen LogP) is 1.98. The molecule has 3 heteroatoms. The van der Waals surface area contributed by atoms with Gasteiger partial charge in [0.1, 0.15) is 6.72 Å². The van der Waals surface area contributed by atoms with Crippen LogP contribution in [0, 0.1) is 17.9 Å². The smallest absolute Gasteiger partial charge is 0.251 e. The standard InChI is InChI=1S/C8H8FNO/c1-6-3-4-8(10(2)11)7(9)5-6/h3-5H,2H2,1H3. The predicted molar refractivity (Wildman–Crippen MR) is 41.5 cm³/mol. The zero-order valence-electron chi connectivity index (χ0n) is 6.17. The third-order valence-electron chi connectivity index (χ3n) is 1.37. The van der Waals surface area contributed by atoms with Crippen molar-refractivity contribution in [3.63, 3.8) is 0 Å². The molecule has 1 rings (SSSR count). The van der Waals surface area contributed by atoms with Crippen molar-refractivity contribution in [3.05, 3.63) is 34.8 Å². The van der Waals surface area contributed by atoms with E-state index in [1.54, 1.807) is 13.0 Å². The van der Waals surface area contributed by atoms with Gasteiger partial charge in [-0.25, -0.2) is 0 Å². The van der Waals surface area contributed by atoms with Crippen molar-refractivity contribution in [2.45, 2.75) is 6.92 Å². The van der Waals surface area contributed by atoms with Crippen LogP contribution in [-0.2, 0) is 0 Å². The number of hydrogen-bond acceptors (Lipinski definition) is 1. The van der Waals surface area contributed by atoms with Crippen LogP contribution < -0.4 is 0 Å². The molecule has 0 aliphatic rings. The maximum atomic E-state index is 12.8. The minimum Gasteiger partial charge on any atom is -0.619 e. The first-order chi connectivity index (χ1) is 5.11. The number of hydrogen-bond donors (Lipinski definition) is 0. The van der Waals surface area contributed by atoms with Gasteiger partial charge in [-0.05, 0) is 18.6 Å². The Kier molecular flexibility index (Phi) is 1.89. The SMILES string of the molecule is C=[N+]([O-])c1ccc(C)cc1F. The Morgan fingerprint density at radius 2 is 2.18 bits per heavy atom. The highest BCUT2D eigenvalue weighted by atomic mass is 19.1. The molecule has 0 aliphatic heterocycles. The van der Waals surface area contributed by atoms with E-state index in [9.17, 15) is 9.60 Å². The number of nitrogens with zero attached hydrogens (tertiary/aromatic N) is 1. The van der Waals surface area contributed by atoms with Gasteiger partial charge in [-0.15, -0.1) is 0 Å². The van der Waals surface area contributed by atoms with E-state index >= 15 is 0 Å². The van der Waals surface area contributed by atoms with E-state index in [0.29, 0.717) is 0 Å². The van der Waals surface area contributed by atoms with Crippen molar-refractivity contribution in [3.8, 4) is 0 Å². The summed E-state index contributed by atoms with van der Waals surface area (Å²) in [7, 11) is 0. The average molecular weight is 153 g/mol. The Balaban J connectivity index is 3.20. The number of benzene rings is 1. The molecule has 0 aliphatic carbocycles. The summed E-state index contributed by atoms with van der Waals surface area (Å²) in [4.78, 5) is 0. The first kappa shape index (κ1) is 7.72. The zero-order chi connectivity index (χ0) is 8.43. The highest BCUT2D eigenvalue weighted by Gasteiger charge is 2.06. The van der Waals surface area contributed by atoms with Gasteiger partial charge in [-0.2, -0.15) is 9.13 Å². The molecule has 11 heavy (non-hydrogen) atoms. The van der Waals surface area contributed by atoms with Gasteiger partial charge < -0.3 is 5.21 Å². The maximum absolute atomic E-state index is 12.8. The Morgan fingerprint density at radius 3 is 2.64 bits per heavy atom. The molecule has 1 aromatic carbocycles. The molecule has 0 fully saturated rings. The van der Waals surface area contributed by atoms with Crippen LogP contribution in [0.2, 0.25) is 0 Å². The van der Waals surface area contributed by atoms with Gasteiger partial charge in [0.15, 0.2) is 5.82 Å². The van der Waals surface area contributed by atoms with Gasteiger partial charge in [0.2, 0.25) is 0 Å². The Hall–Kier alpha value is -1.38. The van der Waals surface area contributed by atoms with Crippen molar-refractivity contribution in [2.75, 3.05) is 0 Å². The summed E-state index contributed by atoms with van der Waals surface area (Å²) in [5, 5.41) is 10.5. The third-order valence-corrected chi connectivity index (χ3v) is 1.37. The third kappa shape index (κ3) is 1.55. The van der Waals surface area contributed by atoms with E-state index in [1.807, 2.05) is 0 Å². The highest BCUT2D eigenvalue weighted by molar-refractivity contribution is 5.37. The summed E-state index contributed by atoms with van der Waals surface area (Å²) in [6.45, 7) is 4.79. The van der Waals surface area contributed by atoms with Crippen molar-refractivity contribution >= 4 is 12.4 Å². The second-order valence-electron chi connectivity index (χ2n) is 2.33. The fourth-order valence-corrected chi connectivity index (χ4v) is 0.814. The van der Waals surface area contributed by atoms with Crippen molar-refractivity contribution in [1.82, 2.24) is 0 Å². The molecule has 0 radical (unpaired) electrons. The Bertz CT molecular complexity index is 296. The zero-order valence-corrected chi connectivity index (χ0v) is 6.17. The van der Waals surface area contributed by atoms with Crippen LogP contribution in [0.3, 0.4) is 0 Å². The van der Waals surface area contributed by atoms with Crippen LogP contribution >= 0.6 is 0 Å². The maximum Gasteiger partial charge on any atom is 0.251 e. The quantitative estimate of drug-likeness (QED) is 0.262. The largest absolute Gasteiger partial charge is 0.619 e. The topological polar surface area (TPSA) is 26.1 Å². The van der Waals surface area contributed by atoms with Crippen LogP contribution in [-0.4, -0.2) is 11.5 Å². The monoisotopic (exact) mass is 153 g/mol. The van der Waals surface area contributed by atoms with E-state index in [-0.39, 0.29) is 10.4 Å². The van der Waals surface area contributed by atoms with Gasteiger partial charge in [0.25, 0.3) is 5.69 Å². The van der Waals surface area contributed by atoms with E-state index in [4.69, 9.17) is 0 Å². The number of rotatable bonds is 1. The van der Waals surface area contributed by atoms with Crippen molar-refractivity contribution in [2.24, 2.45) is 0 Å². The van der Waals surface area contributed by atoms with E-state index < -0.39 is 5.82 Å². The summed E-state index contributed by atoms with van der Waals surface area (Å²) in [6.07, 6.45) is 0. The molecule has 0 amide bonds. The van der Waals surface area contributed by atoms with Gasteiger partial charge in [-0.3, -0.25) is 0 Å². The fraction of sp³-hybridized carbons (Fsp3) is 0.125. The van der Waals surface area contributed by atoms with Gasteiger partial charge in [0, 0.05) is 6.07 Å². The number of halogens is 1. The summed E-state index contributed by atoms with van der Waals surface area (Å²) in [5.41, 5.74) is 0.753. The van der Waals surface area contributed by atoms with Crippen molar-refractivity contribution in [1.29, 1.82) is 0 Å². The van der Waals surface area contributed by atoms with Crippen LogP contribution in [0.1, 0.15) is 5.56 Å². The Labute approximate surface area is 64.2 Å². The lowest BCUT2D eigenvalue weighted by atomic mass is 10.2. The fourth-order valence-electron chi connectivity index (χ4n) is 0.814. The minimum atomic E-state index is -0.532. The second kappa shape index (κ2) is 2.70. The molecule has 0 saturated heterocycles. The minimum absolute atomic E-state index is 0.0319. The lowest BCUT2D eigenvalue weighted by Gasteiger charge is -2.01. The van der Waals surface area contributed by atoms with Crippen LogP contribution in [0.25, 0.3) is 0 Å². The van der Waals surface area contributed by atoms with E-state index in [0.717, 1.165) is 5.56 Å². The molecule has 2 nitrogen and oxygen atoms in total. The highest BCUT2D eigenvalue weighted by Crippen LogP contribution is 2.16. The molecule has 1 aromatic rings. The molecule has 0 aromatic heterocycles. The summed E-state index contributed by atoms with van der Waals surface area (Å²) in [5.74, 6) is -0.532. The molecular formula is C8H8FNO. The second-order valence-corrected chi connectivity index (χ2v) is 2.33. The molecule has 0 unspecified atom stereocenters. The summed E-state index contributed by atoms with van der Waals surface area (Å²) < 4.78 is 13.1. The molecule has 0 heterocycles. The van der Waals surface area contributed by atoms with Crippen molar-refractivity contribution < 1.29 is 9.13 Å². The molecular weight excluding hydrogens is 145 g/mol. The first-order valence-corrected chi connectivity index (χ1v) is 3.15. The lowest BCUT2D eigenvalue weighted by molar-refractivity contribution is -0.352. The van der Waals surface area contributed by atoms with E-state index in [2.05, 4.69) is 6.72 Å². The number of aryl methyl sites for hydroxylation is 1. The normalized spacial score (nSPS) is 9.64. The van der Waals surface area contributed by atoms with Crippen LogP contribution in [0.15, 0.2) is 18.2 Å². The summed E-state index contributed by atoms with van der Waals surface area (Å²) >= 11 is 0. The molecule has 0 bridgehead atoms. The van der Waals surface area contributed by atoms with Crippen LogP contribution in [0.5, 0.6) is 0 Å². The van der Waals surface area contributed by atoms with Gasteiger partial charge in [0.05, 0.1) is 0 Å². The molecule has 58 valence electrons. The van der Waals surface area contributed by atoms with E-state index in [1.165, 1.54) is 12.1 Å². The lowest BCUT2D eigenvalue weighted by Crippen LogP contribution is -1.93. The van der Waals surface area contributed by atoms with Crippen LogP contribution in [0.4, 0.5) is 10.1 Å². The molecule has 0 spiro atoms. The first-order valence-electron chi connectivity index (χ1n) is 3.15. The molecule has 0 atom stereocenters. The summed E-state index contributed by atoms with van der Waals surface area (Å²) in [6, 6.07) is 4.37. The Morgan fingerprint density at radius 1 is 1.55 bits per heavy atom. The van der Waals surface area contributed by atoms with Gasteiger partial charge in [-0.1, -0.05) is 6.07 Å².